The van der Waals surface area contributed by atoms with E-state index in [1.807, 2.05) is 30.3 Å². The number of para-hydroxylation sites is 1. The van der Waals surface area contributed by atoms with Crippen molar-refractivity contribution in [1.82, 2.24) is 0 Å². The van der Waals surface area contributed by atoms with E-state index < -0.39 is 11.9 Å². The van der Waals surface area contributed by atoms with Crippen molar-refractivity contribution in [3.8, 4) is 11.5 Å². The Morgan fingerprint density at radius 1 is 0.900 bits per heavy atom. The Labute approximate surface area is 187 Å². The molecule has 3 rings (SSSR count). The lowest BCUT2D eigenvalue weighted by molar-refractivity contribution is -0.136. The third-order valence-electron chi connectivity index (χ3n) is 4.04. The van der Waals surface area contributed by atoms with E-state index in [4.69, 9.17) is 25.8 Å². The van der Waals surface area contributed by atoms with Crippen LogP contribution in [0.25, 0.3) is 0 Å². The summed E-state index contributed by atoms with van der Waals surface area (Å²) in [5.74, 6) is -0.645. The van der Waals surface area contributed by atoms with Crippen molar-refractivity contribution in [3.05, 3.63) is 93.4 Å². The van der Waals surface area contributed by atoms with Gasteiger partial charge in [0.1, 0.15) is 17.1 Å². The maximum absolute atomic E-state index is 12.4. The second-order valence-corrected chi connectivity index (χ2v) is 7.50. The number of esters is 2. The van der Waals surface area contributed by atoms with E-state index in [2.05, 4.69) is 15.9 Å². The summed E-state index contributed by atoms with van der Waals surface area (Å²) in [6.45, 7) is -0.115. The molecule has 0 unspecified atom stereocenters. The van der Waals surface area contributed by atoms with Gasteiger partial charge >= 0.3 is 11.9 Å². The summed E-state index contributed by atoms with van der Waals surface area (Å²) in [6, 6.07) is 21.1. The molecule has 0 saturated heterocycles. The average molecular weight is 490 g/mol. The maximum atomic E-state index is 12.4. The molecule has 3 aromatic carbocycles. The summed E-state index contributed by atoms with van der Waals surface area (Å²) in [4.78, 5) is 24.6. The van der Waals surface area contributed by atoms with Crippen molar-refractivity contribution in [2.75, 3.05) is 13.2 Å². The van der Waals surface area contributed by atoms with E-state index in [9.17, 15) is 9.59 Å². The number of halogens is 2. The topological polar surface area (TPSA) is 61.8 Å². The van der Waals surface area contributed by atoms with Crippen LogP contribution in [-0.2, 0) is 16.0 Å². The number of benzene rings is 3. The van der Waals surface area contributed by atoms with Gasteiger partial charge in [-0.15, -0.1) is 0 Å². The lowest BCUT2D eigenvalue weighted by atomic mass is 10.2. The fraction of sp³-hybridized carbons (Fsp3) is 0.130. The van der Waals surface area contributed by atoms with Crippen molar-refractivity contribution in [2.45, 2.75) is 6.42 Å². The molecule has 0 aromatic heterocycles. The van der Waals surface area contributed by atoms with Crippen LogP contribution >= 0.6 is 27.5 Å². The van der Waals surface area contributed by atoms with Crippen molar-refractivity contribution >= 4 is 39.5 Å². The van der Waals surface area contributed by atoms with Gasteiger partial charge < -0.3 is 14.2 Å². The minimum atomic E-state index is -0.651. The molecule has 30 heavy (non-hydrogen) atoms. The lowest BCUT2D eigenvalue weighted by Crippen LogP contribution is -2.19. The summed E-state index contributed by atoms with van der Waals surface area (Å²) in [5, 5.41) is 0.538. The van der Waals surface area contributed by atoms with Crippen LogP contribution in [0.5, 0.6) is 11.5 Å². The number of hydrogen-bond acceptors (Lipinski definition) is 5. The first-order valence-electron chi connectivity index (χ1n) is 9.11. The SMILES string of the molecule is O=C(COc1ccc(Cl)cc1Br)Oc1ccccc1C(=O)OCCc1ccccc1. The van der Waals surface area contributed by atoms with Gasteiger partial charge in [0, 0.05) is 11.4 Å². The maximum Gasteiger partial charge on any atom is 0.349 e. The molecule has 0 radical (unpaired) electrons. The monoisotopic (exact) mass is 488 g/mol. The highest BCUT2D eigenvalue weighted by atomic mass is 79.9. The predicted molar refractivity (Wildman–Crippen MR) is 117 cm³/mol. The van der Waals surface area contributed by atoms with Gasteiger partial charge in [0.05, 0.1) is 11.1 Å². The van der Waals surface area contributed by atoms with Crippen LogP contribution < -0.4 is 9.47 Å². The number of rotatable bonds is 8. The summed E-state index contributed by atoms with van der Waals surface area (Å²) in [6.07, 6.45) is 0.596. The summed E-state index contributed by atoms with van der Waals surface area (Å²) >= 11 is 9.20. The molecule has 3 aromatic rings. The van der Waals surface area contributed by atoms with E-state index in [0.717, 1.165) is 5.56 Å². The van der Waals surface area contributed by atoms with Crippen LogP contribution in [0.3, 0.4) is 0 Å². The van der Waals surface area contributed by atoms with Crippen molar-refractivity contribution in [1.29, 1.82) is 0 Å². The van der Waals surface area contributed by atoms with Gasteiger partial charge in [0.2, 0.25) is 0 Å². The van der Waals surface area contributed by atoms with Crippen LogP contribution in [0.2, 0.25) is 5.02 Å². The Morgan fingerprint density at radius 2 is 1.63 bits per heavy atom. The van der Waals surface area contributed by atoms with Crippen LogP contribution in [0.4, 0.5) is 0 Å². The highest BCUT2D eigenvalue weighted by Gasteiger charge is 2.17. The van der Waals surface area contributed by atoms with Gasteiger partial charge in [-0.05, 0) is 51.8 Å². The molecule has 0 N–H and O–H groups in total. The molecule has 0 aliphatic heterocycles. The quantitative estimate of drug-likeness (QED) is 0.309. The van der Waals surface area contributed by atoms with Crippen molar-refractivity contribution < 1.29 is 23.8 Å². The molecule has 5 nitrogen and oxygen atoms in total. The Morgan fingerprint density at radius 3 is 2.40 bits per heavy atom. The Kier molecular flexibility index (Phi) is 7.88. The predicted octanol–water partition coefficient (Wildman–Crippen LogP) is 5.49. The van der Waals surface area contributed by atoms with E-state index in [1.165, 1.54) is 6.07 Å². The van der Waals surface area contributed by atoms with Crippen LogP contribution in [0.1, 0.15) is 15.9 Å². The van der Waals surface area contributed by atoms with E-state index in [-0.39, 0.29) is 24.5 Å². The van der Waals surface area contributed by atoms with E-state index >= 15 is 0 Å². The molecule has 7 heteroatoms. The summed E-state index contributed by atoms with van der Waals surface area (Å²) < 4.78 is 16.7. The molecular formula is C23H18BrClO5. The number of ether oxygens (including phenoxy) is 3. The number of carbonyl (C=O) groups excluding carboxylic acids is 2. The van der Waals surface area contributed by atoms with Gasteiger partial charge in [-0.2, -0.15) is 0 Å². The summed E-state index contributed by atoms with van der Waals surface area (Å²) in [7, 11) is 0. The zero-order valence-corrected chi connectivity index (χ0v) is 18.2. The third-order valence-corrected chi connectivity index (χ3v) is 4.89. The zero-order valence-electron chi connectivity index (χ0n) is 15.8. The third kappa shape index (κ3) is 6.34. The summed E-state index contributed by atoms with van der Waals surface area (Å²) in [5.41, 5.74) is 1.24. The normalized spacial score (nSPS) is 10.3. The Balaban J connectivity index is 1.56. The molecule has 0 heterocycles. The first-order chi connectivity index (χ1) is 14.5. The fourth-order valence-corrected chi connectivity index (χ4v) is 3.39. The van der Waals surface area contributed by atoms with Crippen molar-refractivity contribution in [2.24, 2.45) is 0 Å². The second-order valence-electron chi connectivity index (χ2n) is 6.21. The minimum absolute atomic E-state index is 0.117. The lowest BCUT2D eigenvalue weighted by Gasteiger charge is -2.11. The van der Waals surface area contributed by atoms with Crippen LogP contribution in [-0.4, -0.2) is 25.2 Å². The minimum Gasteiger partial charge on any atom is -0.481 e. The van der Waals surface area contributed by atoms with Gasteiger partial charge in [-0.3, -0.25) is 0 Å². The molecule has 0 bridgehead atoms. The molecule has 0 aliphatic rings. The average Bonchev–Trinajstić information content (AvgIpc) is 2.74. The highest BCUT2D eigenvalue weighted by molar-refractivity contribution is 9.10. The molecule has 0 amide bonds. The van der Waals surface area contributed by atoms with E-state index in [1.54, 1.807) is 36.4 Å². The second kappa shape index (κ2) is 10.8. The van der Waals surface area contributed by atoms with Gasteiger partial charge in [-0.1, -0.05) is 54.1 Å². The molecule has 0 spiro atoms. The smallest absolute Gasteiger partial charge is 0.349 e. The standard InChI is InChI=1S/C23H18BrClO5/c24-19-14-17(25)10-11-21(19)29-15-22(26)30-20-9-5-4-8-18(20)23(27)28-13-12-16-6-2-1-3-7-16/h1-11,14H,12-13,15H2. The first kappa shape index (κ1) is 21.9. The zero-order chi connectivity index (χ0) is 21.3. The molecule has 0 atom stereocenters. The van der Waals surface area contributed by atoms with Crippen LogP contribution in [0, 0.1) is 0 Å². The molecule has 154 valence electrons. The number of carbonyl (C=O) groups is 2. The molecule has 0 aliphatic carbocycles. The van der Waals surface area contributed by atoms with Gasteiger partial charge in [-0.25, -0.2) is 9.59 Å². The molecule has 0 saturated carbocycles. The van der Waals surface area contributed by atoms with E-state index in [0.29, 0.717) is 21.7 Å². The number of hydrogen-bond donors (Lipinski definition) is 0. The Hall–Kier alpha value is -2.83. The molecule has 0 fully saturated rings. The van der Waals surface area contributed by atoms with Gasteiger partial charge in [0.15, 0.2) is 6.61 Å². The fourth-order valence-electron chi connectivity index (χ4n) is 2.59. The van der Waals surface area contributed by atoms with Crippen LogP contribution in [0.15, 0.2) is 77.3 Å². The van der Waals surface area contributed by atoms with Gasteiger partial charge in [0.25, 0.3) is 0 Å². The van der Waals surface area contributed by atoms with Crippen molar-refractivity contribution in [3.63, 3.8) is 0 Å². The largest absolute Gasteiger partial charge is 0.481 e. The molecular weight excluding hydrogens is 472 g/mol. The highest BCUT2D eigenvalue weighted by Crippen LogP contribution is 2.28. The Bertz CT molecular complexity index is 1020. The first-order valence-corrected chi connectivity index (χ1v) is 10.3.